The molecule has 0 radical (unpaired) electrons. The van der Waals surface area contributed by atoms with E-state index in [-0.39, 0.29) is 18.2 Å². The van der Waals surface area contributed by atoms with Crippen molar-refractivity contribution in [2.24, 2.45) is 5.41 Å². The Hall–Kier alpha value is -2.22. The third-order valence-electron chi connectivity index (χ3n) is 4.31. The molecule has 2 rings (SSSR count). The number of nitrogens with zero attached hydrogens (tertiary/aromatic N) is 2. The average Bonchev–Trinajstić information content (AvgIpc) is 2.52. The highest BCUT2D eigenvalue weighted by molar-refractivity contribution is 5.95. The zero-order valence-corrected chi connectivity index (χ0v) is 13.1. The highest BCUT2D eigenvalue weighted by atomic mass is 16.2. The van der Waals surface area contributed by atoms with Crippen molar-refractivity contribution < 1.29 is 9.59 Å². The molecule has 0 unspecified atom stereocenters. The van der Waals surface area contributed by atoms with Gasteiger partial charge in [-0.2, -0.15) is 5.26 Å². The van der Waals surface area contributed by atoms with Crippen molar-refractivity contribution in [1.29, 1.82) is 5.26 Å². The predicted molar refractivity (Wildman–Crippen MR) is 82.0 cm³/mol. The van der Waals surface area contributed by atoms with Crippen molar-refractivity contribution in [2.75, 3.05) is 0 Å². The second-order valence-electron chi connectivity index (χ2n) is 5.93. The number of nitriles is 1. The molecular formula is C17H21N3O2. The highest BCUT2D eigenvalue weighted by Gasteiger charge is 2.39. The smallest absolute Gasteiger partial charge is 0.240 e. The number of aryl methyl sites for hydroxylation is 1. The Morgan fingerprint density at radius 3 is 2.55 bits per heavy atom. The summed E-state index contributed by atoms with van der Waals surface area (Å²) in [6.07, 6.45) is 4.19. The van der Waals surface area contributed by atoms with Gasteiger partial charge in [0.1, 0.15) is 5.41 Å². The maximum Gasteiger partial charge on any atom is 0.240 e. The molecule has 1 aliphatic rings. The lowest BCUT2D eigenvalue weighted by molar-refractivity contribution is -0.129. The summed E-state index contributed by atoms with van der Waals surface area (Å²) in [4.78, 5) is 28.1. The van der Waals surface area contributed by atoms with Crippen molar-refractivity contribution in [1.82, 2.24) is 10.3 Å². The van der Waals surface area contributed by atoms with Gasteiger partial charge in [-0.1, -0.05) is 19.3 Å². The fourth-order valence-electron chi connectivity index (χ4n) is 2.97. The normalized spacial score (nSPS) is 16.6. The molecule has 1 aliphatic carbocycles. The summed E-state index contributed by atoms with van der Waals surface area (Å²) in [7, 11) is 0. The first-order valence-electron chi connectivity index (χ1n) is 7.65. The Labute approximate surface area is 130 Å². The minimum absolute atomic E-state index is 0.0220. The van der Waals surface area contributed by atoms with Gasteiger partial charge in [-0.25, -0.2) is 0 Å². The number of carbonyl (C=O) groups is 2. The van der Waals surface area contributed by atoms with E-state index >= 15 is 0 Å². The quantitative estimate of drug-likeness (QED) is 0.866. The summed E-state index contributed by atoms with van der Waals surface area (Å²) in [6.45, 7) is 3.56. The summed E-state index contributed by atoms with van der Waals surface area (Å²) in [6, 6.07) is 5.68. The molecule has 1 fully saturated rings. The lowest BCUT2D eigenvalue weighted by Crippen LogP contribution is -2.41. The molecule has 1 heterocycles. The number of hydrogen-bond donors (Lipinski definition) is 1. The van der Waals surface area contributed by atoms with Crippen molar-refractivity contribution in [3.8, 4) is 6.07 Å². The minimum atomic E-state index is -0.882. The highest BCUT2D eigenvalue weighted by Crippen LogP contribution is 2.35. The Morgan fingerprint density at radius 2 is 2.00 bits per heavy atom. The van der Waals surface area contributed by atoms with Crippen LogP contribution in [0.1, 0.15) is 60.8 Å². The number of amides is 1. The van der Waals surface area contributed by atoms with Crippen LogP contribution in [-0.4, -0.2) is 16.7 Å². The Bertz CT molecular complexity index is 625. The predicted octanol–water partition coefficient (Wildman–Crippen LogP) is 2.68. The molecule has 22 heavy (non-hydrogen) atoms. The molecule has 116 valence electrons. The second-order valence-corrected chi connectivity index (χ2v) is 5.93. The van der Waals surface area contributed by atoms with Gasteiger partial charge in [-0.05, 0) is 38.8 Å². The zero-order valence-electron chi connectivity index (χ0n) is 13.1. The number of rotatable bonds is 4. The van der Waals surface area contributed by atoms with Gasteiger partial charge in [0.25, 0.3) is 0 Å². The fourth-order valence-corrected chi connectivity index (χ4v) is 2.97. The minimum Gasteiger partial charge on any atom is -0.349 e. The molecule has 1 amide bonds. The average molecular weight is 299 g/mol. The molecule has 0 spiro atoms. The summed E-state index contributed by atoms with van der Waals surface area (Å²) >= 11 is 0. The first-order chi connectivity index (χ1) is 10.5. The molecule has 0 saturated heterocycles. The monoisotopic (exact) mass is 299 g/mol. The Morgan fingerprint density at radius 1 is 1.32 bits per heavy atom. The van der Waals surface area contributed by atoms with Crippen LogP contribution >= 0.6 is 0 Å². The first kappa shape index (κ1) is 16.2. The van der Waals surface area contributed by atoms with E-state index in [0.29, 0.717) is 29.8 Å². The van der Waals surface area contributed by atoms with Crippen LogP contribution in [0.15, 0.2) is 12.1 Å². The van der Waals surface area contributed by atoms with Gasteiger partial charge >= 0.3 is 0 Å². The van der Waals surface area contributed by atoms with E-state index < -0.39 is 5.41 Å². The molecule has 1 aromatic rings. The van der Waals surface area contributed by atoms with E-state index in [4.69, 9.17) is 0 Å². The lowest BCUT2D eigenvalue weighted by Gasteiger charge is -2.29. The van der Waals surface area contributed by atoms with Gasteiger partial charge in [0.15, 0.2) is 5.78 Å². The van der Waals surface area contributed by atoms with Gasteiger partial charge in [0, 0.05) is 11.3 Å². The molecule has 0 bridgehead atoms. The van der Waals surface area contributed by atoms with Gasteiger partial charge in [0.2, 0.25) is 5.91 Å². The molecule has 1 N–H and O–H groups in total. The summed E-state index contributed by atoms with van der Waals surface area (Å²) in [5.41, 5.74) is 1.06. The molecule has 1 aromatic heterocycles. The SMILES string of the molecule is CC(=O)c1ccc(CNC(=O)C2(C#N)CCCCC2)nc1C. The standard InChI is InChI=1S/C17H21N3O2/c1-12-15(13(2)21)7-6-14(20-12)10-19-16(22)17(11-18)8-4-3-5-9-17/h6-7H,3-5,8-10H2,1-2H3,(H,19,22). The maximum atomic E-state index is 12.4. The van der Waals surface area contributed by atoms with Crippen LogP contribution in [0, 0.1) is 23.7 Å². The van der Waals surface area contributed by atoms with Crippen molar-refractivity contribution >= 4 is 11.7 Å². The van der Waals surface area contributed by atoms with Gasteiger partial charge in [-0.3, -0.25) is 14.6 Å². The van der Waals surface area contributed by atoms with E-state index in [1.807, 2.05) is 0 Å². The van der Waals surface area contributed by atoms with Crippen LogP contribution in [-0.2, 0) is 11.3 Å². The summed E-state index contributed by atoms with van der Waals surface area (Å²) in [5.74, 6) is -0.226. The molecule has 0 aliphatic heterocycles. The molecule has 1 saturated carbocycles. The topological polar surface area (TPSA) is 82.9 Å². The van der Waals surface area contributed by atoms with E-state index in [9.17, 15) is 14.9 Å². The van der Waals surface area contributed by atoms with E-state index in [2.05, 4.69) is 16.4 Å². The molecular weight excluding hydrogens is 278 g/mol. The van der Waals surface area contributed by atoms with Crippen LogP contribution < -0.4 is 5.32 Å². The van der Waals surface area contributed by atoms with E-state index in [1.165, 1.54) is 6.92 Å². The number of ketones is 1. The molecule has 5 heteroatoms. The number of Topliss-reactive ketones (excluding diaryl/α,β-unsaturated/α-hetero) is 1. The number of hydrogen-bond acceptors (Lipinski definition) is 4. The van der Waals surface area contributed by atoms with Crippen LogP contribution in [0.5, 0.6) is 0 Å². The van der Waals surface area contributed by atoms with Gasteiger partial charge in [0.05, 0.1) is 18.3 Å². The van der Waals surface area contributed by atoms with Crippen molar-refractivity contribution in [3.05, 3.63) is 29.1 Å². The van der Waals surface area contributed by atoms with Gasteiger partial charge < -0.3 is 5.32 Å². The summed E-state index contributed by atoms with van der Waals surface area (Å²) < 4.78 is 0. The van der Waals surface area contributed by atoms with E-state index in [1.54, 1.807) is 19.1 Å². The fraction of sp³-hybridized carbons (Fsp3) is 0.529. The number of carbonyl (C=O) groups excluding carboxylic acids is 2. The Kier molecular flexibility index (Phi) is 4.92. The second kappa shape index (κ2) is 6.69. The Balaban J connectivity index is 2.03. The number of aromatic nitrogens is 1. The molecule has 5 nitrogen and oxygen atoms in total. The lowest BCUT2D eigenvalue weighted by atomic mass is 9.74. The van der Waals surface area contributed by atoms with Crippen molar-refractivity contribution in [3.63, 3.8) is 0 Å². The number of pyridine rings is 1. The number of nitrogens with one attached hydrogen (secondary N) is 1. The molecule has 0 atom stereocenters. The third-order valence-corrected chi connectivity index (χ3v) is 4.31. The third kappa shape index (κ3) is 3.33. The van der Waals surface area contributed by atoms with Gasteiger partial charge in [-0.15, -0.1) is 0 Å². The van der Waals surface area contributed by atoms with E-state index in [0.717, 1.165) is 19.3 Å². The van der Waals surface area contributed by atoms with Crippen LogP contribution in [0.25, 0.3) is 0 Å². The van der Waals surface area contributed by atoms with Crippen molar-refractivity contribution in [2.45, 2.75) is 52.5 Å². The zero-order chi connectivity index (χ0) is 16.2. The van der Waals surface area contributed by atoms with Crippen LogP contribution in [0.3, 0.4) is 0 Å². The van der Waals surface area contributed by atoms with Crippen LogP contribution in [0.4, 0.5) is 0 Å². The maximum absolute atomic E-state index is 12.4. The van der Waals surface area contributed by atoms with Crippen LogP contribution in [0.2, 0.25) is 0 Å². The first-order valence-corrected chi connectivity index (χ1v) is 7.65. The summed E-state index contributed by atoms with van der Waals surface area (Å²) in [5, 5.41) is 12.2. The largest absolute Gasteiger partial charge is 0.349 e. The molecule has 0 aromatic carbocycles.